The van der Waals surface area contributed by atoms with E-state index in [1.54, 1.807) is 0 Å². The van der Waals surface area contributed by atoms with Crippen molar-refractivity contribution >= 4 is 15.7 Å². The van der Waals surface area contributed by atoms with Crippen LogP contribution in [0.5, 0.6) is 5.75 Å². The van der Waals surface area contributed by atoms with Crippen molar-refractivity contribution in [3.63, 3.8) is 0 Å². The number of methoxy groups -OCH3 is 1. The van der Waals surface area contributed by atoms with Crippen molar-refractivity contribution in [2.45, 2.75) is 30.3 Å². The average molecular weight is 362 g/mol. The molecule has 0 spiro atoms. The quantitative estimate of drug-likeness (QED) is 0.558. The number of rotatable bonds is 7. The Balaban J connectivity index is 2.03. The van der Waals surface area contributed by atoms with Crippen LogP contribution in [0.2, 0.25) is 0 Å². The van der Waals surface area contributed by atoms with E-state index in [9.17, 15) is 18.5 Å². The zero-order valence-electron chi connectivity index (χ0n) is 13.7. The number of nitro groups is 1. The fourth-order valence-corrected chi connectivity index (χ4v) is 4.49. The molecular weight excluding hydrogens is 344 g/mol. The van der Waals surface area contributed by atoms with Gasteiger partial charge in [-0.3, -0.25) is 10.1 Å². The molecule has 0 saturated heterocycles. The fraction of sp³-hybridized carbons (Fsp3) is 0.294. The van der Waals surface area contributed by atoms with Gasteiger partial charge in [0.1, 0.15) is 10.6 Å². The van der Waals surface area contributed by atoms with E-state index in [1.807, 2.05) is 30.3 Å². The highest BCUT2D eigenvalue weighted by molar-refractivity contribution is 7.89. The first-order valence-corrected chi connectivity index (χ1v) is 9.25. The van der Waals surface area contributed by atoms with Gasteiger partial charge in [0.15, 0.2) is 0 Å². The SMILES string of the molecule is COc1ccc([N+](=O)[O-])cc1S(=O)(=O)N(Cc1ccccc1)C1CC1. The summed E-state index contributed by atoms with van der Waals surface area (Å²) in [5, 5.41) is 11.0. The van der Waals surface area contributed by atoms with E-state index in [0.29, 0.717) is 0 Å². The normalized spacial score (nSPS) is 14.5. The molecule has 0 radical (unpaired) electrons. The highest BCUT2D eigenvalue weighted by Gasteiger charge is 2.39. The summed E-state index contributed by atoms with van der Waals surface area (Å²) in [6.07, 6.45) is 1.56. The Bertz CT molecular complexity index is 879. The summed E-state index contributed by atoms with van der Waals surface area (Å²) in [6, 6.07) is 12.8. The van der Waals surface area contributed by atoms with Crippen LogP contribution in [-0.2, 0) is 16.6 Å². The van der Waals surface area contributed by atoms with E-state index >= 15 is 0 Å². The molecule has 0 amide bonds. The van der Waals surface area contributed by atoms with Gasteiger partial charge in [-0.05, 0) is 24.5 Å². The number of hydrogen-bond acceptors (Lipinski definition) is 5. The molecule has 1 aliphatic rings. The highest BCUT2D eigenvalue weighted by Crippen LogP contribution is 2.37. The molecule has 0 aliphatic heterocycles. The first-order chi connectivity index (χ1) is 11.9. The van der Waals surface area contributed by atoms with Gasteiger partial charge in [-0.15, -0.1) is 0 Å². The summed E-state index contributed by atoms with van der Waals surface area (Å²) in [4.78, 5) is 10.3. The molecule has 2 aromatic carbocycles. The Hall–Kier alpha value is -2.45. The van der Waals surface area contributed by atoms with Crippen molar-refractivity contribution in [3.8, 4) is 5.75 Å². The van der Waals surface area contributed by atoms with Crippen LogP contribution in [0.3, 0.4) is 0 Å². The standard InChI is InChI=1S/C17H18N2O5S/c1-24-16-10-9-15(19(20)21)11-17(16)25(22,23)18(14-7-8-14)12-13-5-3-2-4-6-13/h2-6,9-11,14H,7-8,12H2,1H3. The van der Waals surface area contributed by atoms with Crippen LogP contribution in [0.1, 0.15) is 18.4 Å². The van der Waals surface area contributed by atoms with Crippen LogP contribution >= 0.6 is 0 Å². The average Bonchev–Trinajstić information content (AvgIpc) is 3.44. The Morgan fingerprint density at radius 1 is 1.20 bits per heavy atom. The number of hydrogen-bond donors (Lipinski definition) is 0. The topological polar surface area (TPSA) is 89.7 Å². The Morgan fingerprint density at radius 3 is 2.44 bits per heavy atom. The second-order valence-electron chi connectivity index (χ2n) is 5.86. The molecule has 0 atom stereocenters. The second-order valence-corrected chi connectivity index (χ2v) is 7.72. The van der Waals surface area contributed by atoms with E-state index < -0.39 is 14.9 Å². The predicted molar refractivity (Wildman–Crippen MR) is 91.8 cm³/mol. The van der Waals surface area contributed by atoms with Gasteiger partial charge in [0, 0.05) is 24.7 Å². The Kier molecular flexibility index (Phi) is 4.73. The molecule has 1 saturated carbocycles. The Morgan fingerprint density at radius 2 is 1.88 bits per heavy atom. The smallest absolute Gasteiger partial charge is 0.271 e. The molecule has 1 aliphatic carbocycles. The zero-order valence-corrected chi connectivity index (χ0v) is 14.5. The lowest BCUT2D eigenvalue weighted by atomic mass is 10.2. The molecule has 0 N–H and O–H groups in total. The van der Waals surface area contributed by atoms with Crippen LogP contribution in [-0.4, -0.2) is 30.8 Å². The third-order valence-corrected chi connectivity index (χ3v) is 6.00. The number of nitro benzene ring substituents is 1. The molecule has 2 aromatic rings. The third kappa shape index (κ3) is 3.64. The van der Waals surface area contributed by atoms with E-state index in [1.165, 1.54) is 23.5 Å². The van der Waals surface area contributed by atoms with Gasteiger partial charge >= 0.3 is 0 Å². The molecule has 0 aromatic heterocycles. The van der Waals surface area contributed by atoms with Crippen molar-refractivity contribution < 1.29 is 18.1 Å². The lowest BCUT2D eigenvalue weighted by Crippen LogP contribution is -2.33. The molecule has 25 heavy (non-hydrogen) atoms. The predicted octanol–water partition coefficient (Wildman–Crippen LogP) is 2.96. The summed E-state index contributed by atoms with van der Waals surface area (Å²) in [5.74, 6) is 0.101. The van der Waals surface area contributed by atoms with Gasteiger partial charge in [0.25, 0.3) is 5.69 Å². The summed E-state index contributed by atoms with van der Waals surface area (Å²) in [5.41, 5.74) is 0.581. The van der Waals surface area contributed by atoms with Gasteiger partial charge < -0.3 is 4.74 Å². The molecule has 0 bridgehead atoms. The van der Waals surface area contributed by atoms with Gasteiger partial charge in [0.2, 0.25) is 10.0 Å². The molecule has 7 nitrogen and oxygen atoms in total. The lowest BCUT2D eigenvalue weighted by Gasteiger charge is -2.23. The zero-order chi connectivity index (χ0) is 18.0. The summed E-state index contributed by atoms with van der Waals surface area (Å²) >= 11 is 0. The van der Waals surface area contributed by atoms with Gasteiger partial charge in [0.05, 0.1) is 12.0 Å². The van der Waals surface area contributed by atoms with E-state index in [0.717, 1.165) is 24.5 Å². The monoisotopic (exact) mass is 362 g/mol. The largest absolute Gasteiger partial charge is 0.495 e. The molecule has 0 heterocycles. The number of sulfonamides is 1. The molecule has 132 valence electrons. The molecule has 8 heteroatoms. The molecule has 3 rings (SSSR count). The minimum atomic E-state index is -3.93. The molecular formula is C17H18N2O5S. The van der Waals surface area contributed by atoms with Crippen molar-refractivity contribution in [3.05, 3.63) is 64.2 Å². The maximum atomic E-state index is 13.2. The van der Waals surface area contributed by atoms with Crippen molar-refractivity contribution in [1.82, 2.24) is 4.31 Å². The molecule has 0 unspecified atom stereocenters. The maximum absolute atomic E-state index is 13.2. The van der Waals surface area contributed by atoms with E-state index in [2.05, 4.69) is 0 Å². The van der Waals surface area contributed by atoms with Crippen LogP contribution in [0, 0.1) is 10.1 Å². The van der Waals surface area contributed by atoms with Crippen LogP contribution in [0.25, 0.3) is 0 Å². The fourth-order valence-electron chi connectivity index (χ4n) is 2.64. The number of benzene rings is 2. The van der Waals surface area contributed by atoms with Crippen LogP contribution in [0.4, 0.5) is 5.69 Å². The van der Waals surface area contributed by atoms with Crippen LogP contribution in [0.15, 0.2) is 53.4 Å². The second kappa shape index (κ2) is 6.81. The van der Waals surface area contributed by atoms with Gasteiger partial charge in [-0.1, -0.05) is 30.3 Å². The van der Waals surface area contributed by atoms with Gasteiger partial charge in [-0.2, -0.15) is 4.31 Å². The number of non-ortho nitro benzene ring substituents is 1. The first kappa shape index (κ1) is 17.4. The van der Waals surface area contributed by atoms with Crippen molar-refractivity contribution in [2.24, 2.45) is 0 Å². The first-order valence-electron chi connectivity index (χ1n) is 7.81. The number of ether oxygens (including phenoxy) is 1. The van der Waals surface area contributed by atoms with Crippen LogP contribution < -0.4 is 4.74 Å². The number of nitrogens with zero attached hydrogens (tertiary/aromatic N) is 2. The van der Waals surface area contributed by atoms with Crippen molar-refractivity contribution in [1.29, 1.82) is 0 Å². The minimum Gasteiger partial charge on any atom is -0.495 e. The Labute approximate surface area is 146 Å². The van der Waals surface area contributed by atoms with Gasteiger partial charge in [-0.25, -0.2) is 8.42 Å². The lowest BCUT2D eigenvalue weighted by molar-refractivity contribution is -0.385. The minimum absolute atomic E-state index is 0.0887. The molecule has 1 fully saturated rings. The maximum Gasteiger partial charge on any atom is 0.271 e. The summed E-state index contributed by atoms with van der Waals surface area (Å²) in [7, 11) is -2.58. The van der Waals surface area contributed by atoms with Crippen molar-refractivity contribution in [2.75, 3.05) is 7.11 Å². The highest BCUT2D eigenvalue weighted by atomic mass is 32.2. The summed E-state index contributed by atoms with van der Waals surface area (Å²) < 4.78 is 32.9. The summed E-state index contributed by atoms with van der Waals surface area (Å²) in [6.45, 7) is 0.222. The van der Waals surface area contributed by atoms with E-state index in [-0.39, 0.29) is 28.9 Å². The third-order valence-electron chi connectivity index (χ3n) is 4.08. The van der Waals surface area contributed by atoms with E-state index in [4.69, 9.17) is 4.74 Å².